The molecule has 0 nitrogen and oxygen atoms in total. The van der Waals surface area contributed by atoms with Crippen LogP contribution in [0.5, 0.6) is 0 Å². The zero-order valence-electron chi connectivity index (χ0n) is 15.4. The van der Waals surface area contributed by atoms with Crippen LogP contribution >= 0.6 is 19.9 Å². The van der Waals surface area contributed by atoms with Crippen molar-refractivity contribution >= 4 is 35.8 Å². The van der Waals surface area contributed by atoms with Crippen LogP contribution in [0, 0.1) is 0 Å². The van der Waals surface area contributed by atoms with E-state index < -0.39 is 7.26 Å². The summed E-state index contributed by atoms with van der Waals surface area (Å²) in [5.74, 6) is 0.999. The molecule has 0 heterocycles. The molecule has 0 amide bonds. The molecule has 2 heteroatoms. The van der Waals surface area contributed by atoms with Crippen LogP contribution in [0.4, 0.5) is 0 Å². The van der Waals surface area contributed by atoms with Gasteiger partial charge in [-0.2, -0.15) is 0 Å². The molecule has 0 N–H and O–H groups in total. The first kappa shape index (κ1) is 19.2. The van der Waals surface area contributed by atoms with Gasteiger partial charge in [-0.15, -0.1) is 0 Å². The van der Waals surface area contributed by atoms with Gasteiger partial charge in [0.2, 0.25) is 0 Å². The Morgan fingerprint density at radius 3 is 1.27 bits per heavy atom. The monoisotopic (exact) mass is 380 g/mol. The molecule has 3 aromatic rings. The Balaban J connectivity index is 2.06. The molecule has 0 atom stereocenters. The molecule has 0 aliphatic carbocycles. The minimum atomic E-state index is -2.00. The van der Waals surface area contributed by atoms with Crippen LogP contribution in [0.25, 0.3) is 0 Å². The van der Waals surface area contributed by atoms with Crippen molar-refractivity contribution in [2.24, 2.45) is 0 Å². The van der Waals surface area contributed by atoms with Gasteiger partial charge >= 0.3 is 164 Å². The van der Waals surface area contributed by atoms with Crippen LogP contribution in [0.3, 0.4) is 0 Å². The van der Waals surface area contributed by atoms with Gasteiger partial charge in [0.05, 0.1) is 0 Å². The van der Waals surface area contributed by atoms with Crippen LogP contribution in [-0.4, -0.2) is 11.9 Å². The van der Waals surface area contributed by atoms with E-state index in [1.165, 1.54) is 47.8 Å². The standard InChI is InChI=1S/C24H29PS/c26-21-13-2-1-12-20-25(22-14-6-3-7-15-22,23-16-8-4-9-17-23)24-18-10-5-11-19-24/h3-11,14-19,25-26H,1-2,12-13,20-21H2. The number of hydrogen-bond acceptors (Lipinski definition) is 1. The second-order valence-corrected chi connectivity index (χ2v) is 11.4. The van der Waals surface area contributed by atoms with Gasteiger partial charge in [-0.05, 0) is 0 Å². The van der Waals surface area contributed by atoms with Gasteiger partial charge in [0.1, 0.15) is 0 Å². The number of unbranched alkanes of at least 4 members (excludes halogenated alkanes) is 3. The van der Waals surface area contributed by atoms with E-state index >= 15 is 0 Å². The number of rotatable bonds is 9. The number of benzene rings is 3. The second kappa shape index (κ2) is 9.95. The molecule has 0 saturated carbocycles. The molecule has 0 bridgehead atoms. The Morgan fingerprint density at radius 1 is 0.500 bits per heavy atom. The van der Waals surface area contributed by atoms with Gasteiger partial charge < -0.3 is 0 Å². The molecule has 136 valence electrons. The zero-order valence-corrected chi connectivity index (χ0v) is 17.2. The summed E-state index contributed by atoms with van der Waals surface area (Å²) in [6.45, 7) is 0. The summed E-state index contributed by atoms with van der Waals surface area (Å²) in [6.07, 6.45) is 6.34. The Labute approximate surface area is 164 Å². The molecule has 0 fully saturated rings. The molecule has 0 aromatic heterocycles. The molecule has 0 spiro atoms. The zero-order chi connectivity index (χ0) is 18.1. The topological polar surface area (TPSA) is 0 Å². The van der Waals surface area contributed by atoms with Crippen molar-refractivity contribution in [1.82, 2.24) is 0 Å². The average molecular weight is 381 g/mol. The summed E-state index contributed by atoms with van der Waals surface area (Å²) in [5, 5.41) is 4.56. The number of thiol groups is 1. The van der Waals surface area contributed by atoms with Crippen LogP contribution in [0.15, 0.2) is 91.0 Å². The van der Waals surface area contributed by atoms with Crippen molar-refractivity contribution in [1.29, 1.82) is 0 Å². The molecule has 0 saturated heterocycles. The molecule has 3 aromatic carbocycles. The summed E-state index contributed by atoms with van der Waals surface area (Å²) < 4.78 is 0. The molecule has 3 rings (SSSR count). The van der Waals surface area contributed by atoms with Gasteiger partial charge in [-0.25, -0.2) is 0 Å². The summed E-state index contributed by atoms with van der Waals surface area (Å²) in [6, 6.07) is 33.7. The average Bonchev–Trinajstić information content (AvgIpc) is 2.73. The quantitative estimate of drug-likeness (QED) is 0.294. The summed E-state index contributed by atoms with van der Waals surface area (Å²) in [4.78, 5) is 0. The summed E-state index contributed by atoms with van der Waals surface area (Å²) in [7, 11) is -2.00. The molecular weight excluding hydrogens is 351 g/mol. The van der Waals surface area contributed by atoms with Crippen molar-refractivity contribution in [2.75, 3.05) is 11.9 Å². The molecule has 0 radical (unpaired) electrons. The van der Waals surface area contributed by atoms with Crippen molar-refractivity contribution in [3.63, 3.8) is 0 Å². The third kappa shape index (κ3) is 4.40. The van der Waals surface area contributed by atoms with Gasteiger partial charge in [0.15, 0.2) is 0 Å². The fourth-order valence-corrected chi connectivity index (χ4v) is 9.11. The van der Waals surface area contributed by atoms with E-state index in [4.69, 9.17) is 0 Å². The fraction of sp³-hybridized carbons (Fsp3) is 0.250. The Bertz CT molecular complexity index is 659. The maximum absolute atomic E-state index is 4.36. The first-order chi connectivity index (χ1) is 12.9. The number of hydrogen-bond donors (Lipinski definition) is 1. The van der Waals surface area contributed by atoms with Crippen LogP contribution in [0.2, 0.25) is 0 Å². The van der Waals surface area contributed by atoms with Gasteiger partial charge in [-0.1, -0.05) is 0 Å². The SMILES string of the molecule is SCCCCCC[PH](c1ccccc1)(c1ccccc1)c1ccccc1. The van der Waals surface area contributed by atoms with Crippen molar-refractivity contribution in [2.45, 2.75) is 25.7 Å². The molecule has 26 heavy (non-hydrogen) atoms. The predicted molar refractivity (Wildman–Crippen MR) is 124 cm³/mol. The third-order valence-electron chi connectivity index (χ3n) is 5.26. The normalized spacial score (nSPS) is 12.0. The van der Waals surface area contributed by atoms with Crippen LogP contribution in [-0.2, 0) is 0 Å². The van der Waals surface area contributed by atoms with E-state index in [0.29, 0.717) is 0 Å². The predicted octanol–water partition coefficient (Wildman–Crippen LogP) is 5.20. The van der Waals surface area contributed by atoms with Gasteiger partial charge in [0, 0.05) is 0 Å². The van der Waals surface area contributed by atoms with Crippen molar-refractivity contribution < 1.29 is 0 Å². The van der Waals surface area contributed by atoms with E-state index in [0.717, 1.165) is 5.75 Å². The maximum atomic E-state index is 4.36. The van der Waals surface area contributed by atoms with Crippen LogP contribution in [0.1, 0.15) is 25.7 Å². The second-order valence-electron chi connectivity index (χ2n) is 6.89. The van der Waals surface area contributed by atoms with E-state index in [2.05, 4.69) is 104 Å². The van der Waals surface area contributed by atoms with Crippen LogP contribution < -0.4 is 15.9 Å². The van der Waals surface area contributed by atoms with E-state index in [9.17, 15) is 0 Å². The van der Waals surface area contributed by atoms with Crippen molar-refractivity contribution in [3.8, 4) is 0 Å². The fourth-order valence-electron chi connectivity index (χ4n) is 3.96. The molecule has 0 unspecified atom stereocenters. The molecule has 0 aliphatic heterocycles. The molecular formula is C24H29PS. The first-order valence-corrected chi connectivity index (χ1v) is 12.5. The Hall–Kier alpha value is -1.56. The van der Waals surface area contributed by atoms with E-state index in [1.54, 1.807) is 0 Å². The first-order valence-electron chi connectivity index (χ1n) is 9.65. The van der Waals surface area contributed by atoms with E-state index in [1.807, 2.05) is 0 Å². The Morgan fingerprint density at radius 2 is 0.885 bits per heavy atom. The summed E-state index contributed by atoms with van der Waals surface area (Å²) >= 11 is 4.36. The van der Waals surface area contributed by atoms with Gasteiger partial charge in [-0.3, -0.25) is 0 Å². The summed E-state index contributed by atoms with van der Waals surface area (Å²) in [5.41, 5.74) is 0. The van der Waals surface area contributed by atoms with E-state index in [-0.39, 0.29) is 0 Å². The minimum absolute atomic E-state index is 0.999. The third-order valence-corrected chi connectivity index (χ3v) is 10.6. The Kier molecular flexibility index (Phi) is 7.35. The molecule has 0 aliphatic rings. The van der Waals surface area contributed by atoms with Gasteiger partial charge in [0.25, 0.3) is 0 Å². The van der Waals surface area contributed by atoms with Crippen molar-refractivity contribution in [3.05, 3.63) is 91.0 Å².